The molecular weight excluding hydrogens is 413 g/mol. The lowest BCUT2D eigenvalue weighted by molar-refractivity contribution is -0.274. The zero-order chi connectivity index (χ0) is 22.0. The molecule has 2 aromatic rings. The Morgan fingerprint density at radius 1 is 1.06 bits per heavy atom. The molecule has 2 aliphatic rings. The van der Waals surface area contributed by atoms with Crippen LogP contribution in [0.2, 0.25) is 0 Å². The van der Waals surface area contributed by atoms with Crippen molar-refractivity contribution < 1.29 is 22.7 Å². The van der Waals surface area contributed by atoms with Gasteiger partial charge in [0.05, 0.1) is 36.6 Å². The Morgan fingerprint density at radius 3 is 2.42 bits per heavy atom. The van der Waals surface area contributed by atoms with Gasteiger partial charge in [-0.05, 0) is 48.2 Å². The van der Waals surface area contributed by atoms with Crippen molar-refractivity contribution in [2.45, 2.75) is 32.3 Å². The molecule has 0 aliphatic carbocycles. The third-order valence-electron chi connectivity index (χ3n) is 5.38. The average Bonchev–Trinajstić information content (AvgIpc) is 3.22. The molecule has 0 spiro atoms. The first-order valence-corrected chi connectivity index (χ1v) is 9.73. The Bertz CT molecular complexity index is 1030. The van der Waals surface area contributed by atoms with Gasteiger partial charge in [0.2, 0.25) is 0 Å². The molecule has 31 heavy (non-hydrogen) atoms. The molecule has 0 atom stereocenters. The summed E-state index contributed by atoms with van der Waals surface area (Å²) in [5.41, 5.74) is 2.74. The largest absolute Gasteiger partial charge is 0.573 e. The van der Waals surface area contributed by atoms with Crippen molar-refractivity contribution >= 4 is 11.6 Å². The van der Waals surface area contributed by atoms with Crippen LogP contribution in [0.4, 0.5) is 18.0 Å². The Kier molecular flexibility index (Phi) is 5.54. The predicted octanol–water partition coefficient (Wildman–Crippen LogP) is 3.19. The van der Waals surface area contributed by atoms with Crippen LogP contribution < -0.4 is 4.74 Å². The number of amides is 2. The molecule has 0 bridgehead atoms. The van der Waals surface area contributed by atoms with Gasteiger partial charge in [0, 0.05) is 19.6 Å². The van der Waals surface area contributed by atoms with E-state index in [1.165, 1.54) is 24.3 Å². The minimum atomic E-state index is -4.76. The van der Waals surface area contributed by atoms with Crippen LogP contribution in [-0.2, 0) is 13.1 Å². The number of urea groups is 1. The van der Waals surface area contributed by atoms with Crippen molar-refractivity contribution in [3.05, 3.63) is 47.3 Å². The van der Waals surface area contributed by atoms with Gasteiger partial charge in [0.15, 0.2) is 0 Å². The number of nitrogens with zero attached hydrogens (tertiary/aromatic N) is 6. The summed E-state index contributed by atoms with van der Waals surface area (Å²) in [4.78, 5) is 16.4. The van der Waals surface area contributed by atoms with Crippen LogP contribution in [0.1, 0.15) is 24.1 Å². The number of likely N-dealkylation sites (tertiary alicyclic amines) is 1. The maximum atomic E-state index is 12.9. The van der Waals surface area contributed by atoms with Crippen molar-refractivity contribution in [1.82, 2.24) is 24.8 Å². The van der Waals surface area contributed by atoms with Gasteiger partial charge in [-0.3, -0.25) is 0 Å². The highest BCUT2D eigenvalue weighted by atomic mass is 19.4. The smallest absolute Gasteiger partial charge is 0.406 e. The fourth-order valence-corrected chi connectivity index (χ4v) is 3.83. The first-order chi connectivity index (χ1) is 14.8. The van der Waals surface area contributed by atoms with E-state index >= 15 is 0 Å². The highest BCUT2D eigenvalue weighted by Crippen LogP contribution is 2.29. The summed E-state index contributed by atoms with van der Waals surface area (Å²) >= 11 is 0. The molecule has 1 aromatic carbocycles. The molecule has 8 nitrogen and oxygen atoms in total. The maximum absolute atomic E-state index is 12.9. The van der Waals surface area contributed by atoms with Gasteiger partial charge in [-0.25, -0.2) is 9.48 Å². The molecule has 1 aromatic heterocycles. The Morgan fingerprint density at radius 2 is 1.77 bits per heavy atom. The molecule has 3 heterocycles. The van der Waals surface area contributed by atoms with Gasteiger partial charge in [0.25, 0.3) is 0 Å². The molecule has 4 rings (SSSR count). The van der Waals surface area contributed by atoms with Crippen LogP contribution >= 0.6 is 0 Å². The number of allylic oxidation sites excluding steroid dienone is 1. The normalized spacial score (nSPS) is 16.5. The topological polar surface area (TPSA) is 87.3 Å². The lowest BCUT2D eigenvalue weighted by Gasteiger charge is -2.35. The van der Waals surface area contributed by atoms with E-state index in [0.717, 1.165) is 11.3 Å². The summed E-state index contributed by atoms with van der Waals surface area (Å²) < 4.78 is 42.6. The van der Waals surface area contributed by atoms with E-state index in [1.54, 1.807) is 20.7 Å². The van der Waals surface area contributed by atoms with Crippen molar-refractivity contribution in [3.8, 4) is 11.8 Å². The van der Waals surface area contributed by atoms with Crippen molar-refractivity contribution in [1.29, 1.82) is 5.26 Å². The number of carbonyl (C=O) groups is 1. The van der Waals surface area contributed by atoms with Gasteiger partial charge in [-0.1, -0.05) is 5.21 Å². The first kappa shape index (κ1) is 20.7. The number of hydrogen-bond acceptors (Lipinski definition) is 5. The molecule has 2 amide bonds. The molecule has 0 saturated carbocycles. The van der Waals surface area contributed by atoms with Gasteiger partial charge in [-0.15, -0.1) is 18.3 Å². The quantitative estimate of drug-likeness (QED) is 0.681. The third-order valence-corrected chi connectivity index (χ3v) is 5.38. The minimum Gasteiger partial charge on any atom is -0.406 e. The molecule has 0 radical (unpaired) electrons. The van der Waals surface area contributed by atoms with Crippen molar-refractivity contribution in [3.63, 3.8) is 0 Å². The first-order valence-electron chi connectivity index (χ1n) is 9.73. The van der Waals surface area contributed by atoms with E-state index in [9.17, 15) is 23.2 Å². The van der Waals surface area contributed by atoms with Crippen LogP contribution in [0, 0.1) is 11.3 Å². The van der Waals surface area contributed by atoms with Gasteiger partial charge in [-0.2, -0.15) is 5.26 Å². The Hall–Kier alpha value is -3.55. The van der Waals surface area contributed by atoms with Crippen LogP contribution in [0.25, 0.3) is 5.57 Å². The van der Waals surface area contributed by atoms with E-state index in [4.69, 9.17) is 0 Å². The number of aromatic nitrogens is 3. The second kappa shape index (κ2) is 8.29. The summed E-state index contributed by atoms with van der Waals surface area (Å²) in [7, 11) is 0. The Labute approximate surface area is 176 Å². The molecule has 0 unspecified atom stereocenters. The molecule has 0 N–H and O–H groups in total. The van der Waals surface area contributed by atoms with E-state index in [2.05, 4.69) is 21.1 Å². The number of rotatable bonds is 2. The zero-order valence-corrected chi connectivity index (χ0v) is 16.5. The summed E-state index contributed by atoms with van der Waals surface area (Å²) in [5, 5.41) is 17.4. The molecular formula is C20H19F3N6O2. The van der Waals surface area contributed by atoms with E-state index in [1.807, 2.05) is 0 Å². The van der Waals surface area contributed by atoms with Crippen LogP contribution in [-0.4, -0.2) is 56.8 Å². The van der Waals surface area contributed by atoms with Crippen molar-refractivity contribution in [2.75, 3.05) is 19.6 Å². The van der Waals surface area contributed by atoms with Crippen LogP contribution in [0.5, 0.6) is 5.75 Å². The average molecular weight is 432 g/mol. The molecule has 2 aliphatic heterocycles. The van der Waals surface area contributed by atoms with E-state index in [-0.39, 0.29) is 11.8 Å². The maximum Gasteiger partial charge on any atom is 0.573 e. The zero-order valence-electron chi connectivity index (χ0n) is 16.5. The number of piperidine rings is 1. The fraction of sp³-hybridized carbons (Fsp3) is 0.400. The van der Waals surface area contributed by atoms with Gasteiger partial charge < -0.3 is 14.5 Å². The monoisotopic (exact) mass is 432 g/mol. The highest BCUT2D eigenvalue weighted by Gasteiger charge is 2.31. The van der Waals surface area contributed by atoms with E-state index in [0.29, 0.717) is 56.7 Å². The predicted molar refractivity (Wildman–Crippen MR) is 102 cm³/mol. The van der Waals surface area contributed by atoms with E-state index < -0.39 is 6.36 Å². The number of benzene rings is 1. The second-order valence-electron chi connectivity index (χ2n) is 7.30. The fourth-order valence-electron chi connectivity index (χ4n) is 3.83. The Balaban J connectivity index is 1.40. The number of carbonyl (C=O) groups excluding carboxylic acids is 1. The number of fused-ring (bicyclic) bond motifs is 1. The minimum absolute atomic E-state index is 0.0568. The lowest BCUT2D eigenvalue weighted by Crippen LogP contribution is -2.48. The van der Waals surface area contributed by atoms with Gasteiger partial charge in [0.1, 0.15) is 5.75 Å². The van der Waals surface area contributed by atoms with Crippen molar-refractivity contribution in [2.24, 2.45) is 0 Å². The summed E-state index contributed by atoms with van der Waals surface area (Å²) in [5.74, 6) is -0.336. The number of alkyl halides is 3. The summed E-state index contributed by atoms with van der Waals surface area (Å²) in [6.07, 6.45) is -2.05. The second-order valence-corrected chi connectivity index (χ2v) is 7.30. The standard InChI is InChI=1S/C20H19F3N6O2/c21-20(22,23)31-17-3-1-14(2-4-17)18(11-24)15-5-7-27(8-6-15)19(30)28-9-10-29-16(13-28)12-25-26-29/h1-4,12H,5-10,13H2. The number of nitriles is 1. The SMILES string of the molecule is N#CC(=C1CCN(C(=O)N2CCn3nncc3C2)CC1)c1ccc(OC(F)(F)F)cc1. The van der Waals surface area contributed by atoms with Gasteiger partial charge >= 0.3 is 12.4 Å². The molecule has 1 fully saturated rings. The van der Waals surface area contributed by atoms with Crippen LogP contribution in [0.3, 0.4) is 0 Å². The van der Waals surface area contributed by atoms with Crippen LogP contribution in [0.15, 0.2) is 36.0 Å². The number of hydrogen-bond donors (Lipinski definition) is 0. The molecule has 162 valence electrons. The third kappa shape index (κ3) is 4.63. The molecule has 1 saturated heterocycles. The molecule has 11 heteroatoms. The summed E-state index contributed by atoms with van der Waals surface area (Å²) in [6, 6.07) is 7.36. The lowest BCUT2D eigenvalue weighted by atomic mass is 9.94. The number of halogens is 3. The highest BCUT2D eigenvalue weighted by molar-refractivity contribution is 5.80. The number of ether oxygens (including phenoxy) is 1. The summed E-state index contributed by atoms with van der Waals surface area (Å²) in [6.45, 7) is 2.57.